The first-order valence-electron chi connectivity index (χ1n) is 6.51. The highest BCUT2D eigenvalue weighted by Crippen LogP contribution is 2.27. The van der Waals surface area contributed by atoms with Crippen molar-refractivity contribution < 1.29 is 18.3 Å². The third kappa shape index (κ3) is 4.23. The smallest absolute Gasteiger partial charge is 0.150 e. The molecule has 0 aromatic rings. The van der Waals surface area contributed by atoms with Gasteiger partial charge >= 0.3 is 0 Å². The standard InChI is InChI=1S/C12H22O4S/c13-12(7-10-1-4-16-5-2-10)8-11-3-6-17(14,15)9-11/h10-13H,1-9H2. The zero-order valence-electron chi connectivity index (χ0n) is 10.2. The van der Waals surface area contributed by atoms with Gasteiger partial charge < -0.3 is 9.84 Å². The normalized spacial score (nSPS) is 31.5. The van der Waals surface area contributed by atoms with Crippen molar-refractivity contribution >= 4 is 9.84 Å². The molecule has 1 N–H and O–H groups in total. The molecule has 2 atom stereocenters. The highest BCUT2D eigenvalue weighted by Gasteiger charge is 2.30. The van der Waals surface area contributed by atoms with E-state index in [2.05, 4.69) is 0 Å². The summed E-state index contributed by atoms with van der Waals surface area (Å²) in [6.07, 6.45) is 3.90. The first-order valence-corrected chi connectivity index (χ1v) is 8.33. The first-order chi connectivity index (χ1) is 8.05. The molecule has 2 heterocycles. The maximum atomic E-state index is 11.3. The van der Waals surface area contributed by atoms with Gasteiger partial charge in [-0.15, -0.1) is 0 Å². The average molecular weight is 262 g/mol. The van der Waals surface area contributed by atoms with Crippen LogP contribution in [0, 0.1) is 11.8 Å². The molecule has 0 saturated carbocycles. The summed E-state index contributed by atoms with van der Waals surface area (Å²) in [5.74, 6) is 1.31. The average Bonchev–Trinajstić information content (AvgIpc) is 2.59. The Hall–Kier alpha value is -0.130. The van der Waals surface area contributed by atoms with Crippen LogP contribution in [0.2, 0.25) is 0 Å². The van der Waals surface area contributed by atoms with Gasteiger partial charge in [0.05, 0.1) is 17.6 Å². The van der Waals surface area contributed by atoms with Crippen molar-refractivity contribution in [2.24, 2.45) is 11.8 Å². The first kappa shape index (κ1) is 13.3. The Labute approximate surface area is 103 Å². The van der Waals surface area contributed by atoms with Crippen LogP contribution >= 0.6 is 0 Å². The molecule has 0 aromatic carbocycles. The van der Waals surface area contributed by atoms with E-state index in [-0.39, 0.29) is 17.8 Å². The van der Waals surface area contributed by atoms with Gasteiger partial charge in [-0.1, -0.05) is 0 Å². The van der Waals surface area contributed by atoms with Crippen LogP contribution in [0.1, 0.15) is 32.1 Å². The van der Waals surface area contributed by atoms with E-state index >= 15 is 0 Å². The molecule has 2 aliphatic rings. The second-order valence-electron chi connectivity index (χ2n) is 5.45. The Morgan fingerprint density at radius 3 is 2.35 bits per heavy atom. The van der Waals surface area contributed by atoms with Gasteiger partial charge in [-0.3, -0.25) is 0 Å². The maximum Gasteiger partial charge on any atom is 0.150 e. The molecule has 2 rings (SSSR count). The van der Waals surface area contributed by atoms with Gasteiger partial charge in [0.2, 0.25) is 0 Å². The molecular formula is C12H22O4S. The summed E-state index contributed by atoms with van der Waals surface area (Å²) in [6.45, 7) is 1.60. The van der Waals surface area contributed by atoms with Crippen molar-refractivity contribution in [3.8, 4) is 0 Å². The number of hydrogen-bond donors (Lipinski definition) is 1. The summed E-state index contributed by atoms with van der Waals surface area (Å²) in [4.78, 5) is 0. The number of sulfone groups is 1. The van der Waals surface area contributed by atoms with Gasteiger partial charge in [0.15, 0.2) is 9.84 Å². The largest absolute Gasteiger partial charge is 0.393 e. The lowest BCUT2D eigenvalue weighted by Crippen LogP contribution is -2.23. The summed E-state index contributed by atoms with van der Waals surface area (Å²) < 4.78 is 27.9. The molecule has 100 valence electrons. The lowest BCUT2D eigenvalue weighted by Gasteiger charge is -2.25. The molecule has 0 aliphatic carbocycles. The summed E-state index contributed by atoms with van der Waals surface area (Å²) >= 11 is 0. The highest BCUT2D eigenvalue weighted by molar-refractivity contribution is 7.91. The minimum Gasteiger partial charge on any atom is -0.393 e. The Bertz CT molecular complexity index is 332. The summed E-state index contributed by atoms with van der Waals surface area (Å²) in [5, 5.41) is 10.00. The Morgan fingerprint density at radius 1 is 1.12 bits per heavy atom. The van der Waals surface area contributed by atoms with Gasteiger partial charge in [0.25, 0.3) is 0 Å². The second kappa shape index (κ2) is 5.67. The number of rotatable bonds is 4. The zero-order valence-corrected chi connectivity index (χ0v) is 11.0. The number of aliphatic hydroxyl groups is 1. The summed E-state index contributed by atoms with van der Waals surface area (Å²) in [5.41, 5.74) is 0. The quantitative estimate of drug-likeness (QED) is 0.820. The third-order valence-electron chi connectivity index (χ3n) is 3.88. The van der Waals surface area contributed by atoms with E-state index in [9.17, 15) is 13.5 Å². The van der Waals surface area contributed by atoms with E-state index < -0.39 is 9.84 Å². The number of aliphatic hydroxyl groups excluding tert-OH is 1. The molecule has 0 bridgehead atoms. The summed E-state index contributed by atoms with van der Waals surface area (Å²) in [6, 6.07) is 0. The van der Waals surface area contributed by atoms with Crippen LogP contribution in [-0.4, -0.2) is 44.3 Å². The Balaban J connectivity index is 1.72. The van der Waals surface area contributed by atoms with Crippen LogP contribution in [0.5, 0.6) is 0 Å². The van der Waals surface area contributed by atoms with Crippen LogP contribution in [0.4, 0.5) is 0 Å². The van der Waals surface area contributed by atoms with Gasteiger partial charge in [-0.2, -0.15) is 0 Å². The minimum absolute atomic E-state index is 0.176. The maximum absolute atomic E-state index is 11.3. The predicted molar refractivity (Wildman–Crippen MR) is 65.5 cm³/mol. The number of ether oxygens (including phenoxy) is 1. The molecule has 2 saturated heterocycles. The summed E-state index contributed by atoms with van der Waals surface area (Å²) in [7, 11) is -2.81. The predicted octanol–water partition coefficient (Wildman–Crippen LogP) is 0.989. The van der Waals surface area contributed by atoms with Crippen molar-refractivity contribution in [3.63, 3.8) is 0 Å². The van der Waals surface area contributed by atoms with Crippen molar-refractivity contribution in [1.82, 2.24) is 0 Å². The lowest BCUT2D eigenvalue weighted by atomic mass is 9.89. The van der Waals surface area contributed by atoms with E-state index in [0.29, 0.717) is 18.1 Å². The van der Waals surface area contributed by atoms with Crippen LogP contribution < -0.4 is 0 Å². The number of hydrogen-bond acceptors (Lipinski definition) is 4. The van der Waals surface area contributed by atoms with Crippen molar-refractivity contribution in [1.29, 1.82) is 0 Å². The monoisotopic (exact) mass is 262 g/mol. The highest BCUT2D eigenvalue weighted by atomic mass is 32.2. The zero-order chi connectivity index (χ0) is 12.3. The van der Waals surface area contributed by atoms with E-state index in [1.165, 1.54) is 0 Å². The van der Waals surface area contributed by atoms with Crippen molar-refractivity contribution in [3.05, 3.63) is 0 Å². The fourth-order valence-electron chi connectivity index (χ4n) is 2.91. The Morgan fingerprint density at radius 2 is 1.76 bits per heavy atom. The van der Waals surface area contributed by atoms with E-state index in [1.54, 1.807) is 0 Å². The van der Waals surface area contributed by atoms with E-state index in [0.717, 1.165) is 38.9 Å². The van der Waals surface area contributed by atoms with Gasteiger partial charge in [-0.05, 0) is 43.9 Å². The molecule has 0 aromatic heterocycles. The van der Waals surface area contributed by atoms with E-state index in [4.69, 9.17) is 4.74 Å². The van der Waals surface area contributed by atoms with Crippen molar-refractivity contribution in [2.45, 2.75) is 38.2 Å². The molecular weight excluding hydrogens is 240 g/mol. The molecule has 17 heavy (non-hydrogen) atoms. The SMILES string of the molecule is O=S1(=O)CCC(CC(O)CC2CCOCC2)C1. The Kier molecular flexibility index (Phi) is 4.44. The molecule has 4 nitrogen and oxygen atoms in total. The molecule has 0 amide bonds. The molecule has 2 aliphatic heterocycles. The van der Waals surface area contributed by atoms with Crippen LogP contribution in [0.15, 0.2) is 0 Å². The van der Waals surface area contributed by atoms with Gasteiger partial charge in [-0.25, -0.2) is 8.42 Å². The van der Waals surface area contributed by atoms with Crippen LogP contribution in [0.25, 0.3) is 0 Å². The topological polar surface area (TPSA) is 63.6 Å². The van der Waals surface area contributed by atoms with Gasteiger partial charge in [0, 0.05) is 13.2 Å². The molecule has 0 radical (unpaired) electrons. The molecule has 2 fully saturated rings. The van der Waals surface area contributed by atoms with E-state index in [1.807, 2.05) is 0 Å². The lowest BCUT2D eigenvalue weighted by molar-refractivity contribution is 0.0391. The second-order valence-corrected chi connectivity index (χ2v) is 7.68. The van der Waals surface area contributed by atoms with Gasteiger partial charge in [0.1, 0.15) is 0 Å². The fraction of sp³-hybridized carbons (Fsp3) is 1.00. The fourth-order valence-corrected chi connectivity index (χ4v) is 4.79. The molecule has 0 spiro atoms. The van der Waals surface area contributed by atoms with Crippen LogP contribution in [0.3, 0.4) is 0 Å². The van der Waals surface area contributed by atoms with Crippen molar-refractivity contribution in [2.75, 3.05) is 24.7 Å². The van der Waals surface area contributed by atoms with Crippen LogP contribution in [-0.2, 0) is 14.6 Å². The third-order valence-corrected chi connectivity index (χ3v) is 5.72. The molecule has 2 unspecified atom stereocenters. The minimum atomic E-state index is -2.81. The molecule has 5 heteroatoms.